The van der Waals surface area contributed by atoms with E-state index in [1.807, 2.05) is 13.8 Å². The molecule has 0 radical (unpaired) electrons. The normalized spacial score (nSPS) is 38.2. The predicted molar refractivity (Wildman–Crippen MR) is 50.5 cm³/mol. The number of Topliss-reactive ketones (excluding diaryl/α,β-unsaturated/α-hetero) is 1. The standard InChI is InChI=1S/C11H18O2/c1-8(2)10(12)11-5-3-9(4-6-11)7-13-11/h8-9H,3-7H2,1-2H3. The van der Waals surface area contributed by atoms with Crippen molar-refractivity contribution in [1.29, 1.82) is 0 Å². The summed E-state index contributed by atoms with van der Waals surface area (Å²) in [6, 6.07) is 0. The summed E-state index contributed by atoms with van der Waals surface area (Å²) in [5, 5.41) is 0. The third kappa shape index (κ3) is 1.41. The Balaban J connectivity index is 2.14. The molecule has 3 fully saturated rings. The molecule has 2 saturated heterocycles. The molecule has 1 saturated carbocycles. The van der Waals surface area contributed by atoms with Crippen molar-refractivity contribution in [1.82, 2.24) is 0 Å². The zero-order chi connectivity index (χ0) is 9.47. The maximum atomic E-state index is 12.0. The number of hydrogen-bond acceptors (Lipinski definition) is 2. The van der Waals surface area contributed by atoms with Gasteiger partial charge in [-0.2, -0.15) is 0 Å². The molecule has 2 heterocycles. The minimum Gasteiger partial charge on any atom is -0.367 e. The van der Waals surface area contributed by atoms with E-state index in [2.05, 4.69) is 0 Å². The topological polar surface area (TPSA) is 26.3 Å². The highest BCUT2D eigenvalue weighted by Crippen LogP contribution is 2.42. The summed E-state index contributed by atoms with van der Waals surface area (Å²) >= 11 is 0. The summed E-state index contributed by atoms with van der Waals surface area (Å²) in [7, 11) is 0. The van der Waals surface area contributed by atoms with Crippen LogP contribution in [0.15, 0.2) is 0 Å². The number of ketones is 1. The van der Waals surface area contributed by atoms with E-state index in [-0.39, 0.29) is 11.5 Å². The highest BCUT2D eigenvalue weighted by molar-refractivity contribution is 5.89. The Kier molecular flexibility index (Phi) is 2.18. The van der Waals surface area contributed by atoms with Crippen LogP contribution < -0.4 is 0 Å². The summed E-state index contributed by atoms with van der Waals surface area (Å²) < 4.78 is 5.74. The highest BCUT2D eigenvalue weighted by Gasteiger charge is 2.47. The van der Waals surface area contributed by atoms with E-state index < -0.39 is 0 Å². The molecule has 0 spiro atoms. The fourth-order valence-electron chi connectivity index (χ4n) is 2.58. The average Bonchev–Trinajstić information content (AvgIpc) is 2.19. The second kappa shape index (κ2) is 3.09. The highest BCUT2D eigenvalue weighted by atomic mass is 16.5. The number of ether oxygens (including phenoxy) is 1. The van der Waals surface area contributed by atoms with Gasteiger partial charge in [-0.05, 0) is 31.6 Å². The van der Waals surface area contributed by atoms with E-state index in [9.17, 15) is 4.79 Å². The van der Waals surface area contributed by atoms with Gasteiger partial charge in [0.25, 0.3) is 0 Å². The first-order valence-electron chi connectivity index (χ1n) is 5.32. The average molecular weight is 182 g/mol. The van der Waals surface area contributed by atoms with Gasteiger partial charge in [-0.1, -0.05) is 13.8 Å². The lowest BCUT2D eigenvalue weighted by Crippen LogP contribution is -2.52. The van der Waals surface area contributed by atoms with Gasteiger partial charge >= 0.3 is 0 Å². The number of hydrogen-bond donors (Lipinski definition) is 0. The molecule has 0 N–H and O–H groups in total. The summed E-state index contributed by atoms with van der Waals surface area (Å²) in [6.07, 6.45) is 4.32. The maximum absolute atomic E-state index is 12.0. The SMILES string of the molecule is CC(C)C(=O)C12CCC(CC1)CO2. The van der Waals surface area contributed by atoms with Gasteiger partial charge in [0.1, 0.15) is 5.60 Å². The van der Waals surface area contributed by atoms with E-state index in [1.165, 1.54) is 12.8 Å². The van der Waals surface area contributed by atoms with E-state index in [1.54, 1.807) is 0 Å². The molecular formula is C11H18O2. The lowest BCUT2D eigenvalue weighted by molar-refractivity contribution is -0.174. The second-order valence-electron chi connectivity index (χ2n) is 4.77. The van der Waals surface area contributed by atoms with Crippen molar-refractivity contribution >= 4 is 5.78 Å². The van der Waals surface area contributed by atoms with Crippen LogP contribution in [0.4, 0.5) is 0 Å². The summed E-state index contributed by atoms with van der Waals surface area (Å²) in [5.41, 5.74) is -0.372. The van der Waals surface area contributed by atoms with Crippen molar-refractivity contribution in [2.24, 2.45) is 11.8 Å². The molecule has 0 atom stereocenters. The molecule has 2 heteroatoms. The van der Waals surface area contributed by atoms with Gasteiger partial charge in [0.15, 0.2) is 5.78 Å². The van der Waals surface area contributed by atoms with E-state index in [4.69, 9.17) is 4.74 Å². The molecule has 0 aromatic rings. The molecule has 1 aliphatic carbocycles. The molecular weight excluding hydrogens is 164 g/mol. The Morgan fingerprint density at radius 1 is 1.38 bits per heavy atom. The van der Waals surface area contributed by atoms with Crippen LogP contribution in [0.2, 0.25) is 0 Å². The van der Waals surface area contributed by atoms with Gasteiger partial charge in [-0.3, -0.25) is 4.79 Å². The largest absolute Gasteiger partial charge is 0.367 e. The molecule has 2 bridgehead atoms. The molecule has 13 heavy (non-hydrogen) atoms. The third-order valence-electron chi connectivity index (χ3n) is 3.48. The molecule has 3 aliphatic rings. The van der Waals surface area contributed by atoms with Crippen LogP contribution in [0.3, 0.4) is 0 Å². The fraction of sp³-hybridized carbons (Fsp3) is 0.909. The molecule has 2 aliphatic heterocycles. The summed E-state index contributed by atoms with van der Waals surface area (Å²) in [4.78, 5) is 12.0. The van der Waals surface area contributed by atoms with Crippen LogP contribution in [-0.2, 0) is 9.53 Å². The Bertz CT molecular complexity index is 198. The first-order valence-corrected chi connectivity index (χ1v) is 5.32. The van der Waals surface area contributed by atoms with Gasteiger partial charge in [-0.25, -0.2) is 0 Å². The summed E-state index contributed by atoms with van der Waals surface area (Å²) in [6.45, 7) is 4.76. The van der Waals surface area contributed by atoms with Gasteiger partial charge in [0.2, 0.25) is 0 Å². The first-order chi connectivity index (χ1) is 6.14. The van der Waals surface area contributed by atoms with Crippen LogP contribution in [0.1, 0.15) is 39.5 Å². The van der Waals surface area contributed by atoms with Crippen LogP contribution in [0.25, 0.3) is 0 Å². The van der Waals surface area contributed by atoms with Crippen molar-refractivity contribution in [3.8, 4) is 0 Å². The monoisotopic (exact) mass is 182 g/mol. The van der Waals surface area contributed by atoms with E-state index in [0.29, 0.717) is 5.78 Å². The van der Waals surface area contributed by atoms with Gasteiger partial charge in [-0.15, -0.1) is 0 Å². The van der Waals surface area contributed by atoms with Crippen molar-refractivity contribution in [2.75, 3.05) is 6.61 Å². The number of carbonyl (C=O) groups excluding carboxylic acids is 1. The minimum atomic E-state index is -0.372. The quantitative estimate of drug-likeness (QED) is 0.654. The van der Waals surface area contributed by atoms with E-state index in [0.717, 1.165) is 25.4 Å². The van der Waals surface area contributed by atoms with Crippen molar-refractivity contribution in [3.63, 3.8) is 0 Å². The maximum Gasteiger partial charge on any atom is 0.167 e. The van der Waals surface area contributed by atoms with Crippen LogP contribution in [0.5, 0.6) is 0 Å². The van der Waals surface area contributed by atoms with Gasteiger partial charge < -0.3 is 4.74 Å². The lowest BCUT2D eigenvalue weighted by Gasteiger charge is -2.45. The minimum absolute atomic E-state index is 0.120. The third-order valence-corrected chi connectivity index (χ3v) is 3.48. The lowest BCUT2D eigenvalue weighted by atomic mass is 9.72. The molecule has 0 aromatic carbocycles. The zero-order valence-electron chi connectivity index (χ0n) is 8.51. The second-order valence-corrected chi connectivity index (χ2v) is 4.77. The summed E-state index contributed by atoms with van der Waals surface area (Å²) in [5.74, 6) is 1.18. The Labute approximate surface area is 79.7 Å². The van der Waals surface area contributed by atoms with Gasteiger partial charge in [0.05, 0.1) is 6.61 Å². The number of fused-ring (bicyclic) bond motifs is 3. The molecule has 0 unspecified atom stereocenters. The zero-order valence-corrected chi connectivity index (χ0v) is 8.51. The molecule has 2 nitrogen and oxygen atoms in total. The van der Waals surface area contributed by atoms with E-state index >= 15 is 0 Å². The molecule has 3 rings (SSSR count). The van der Waals surface area contributed by atoms with Crippen molar-refractivity contribution < 1.29 is 9.53 Å². The number of carbonyl (C=O) groups is 1. The van der Waals surface area contributed by atoms with Crippen molar-refractivity contribution in [2.45, 2.75) is 45.1 Å². The smallest absolute Gasteiger partial charge is 0.167 e. The molecule has 0 amide bonds. The Hall–Kier alpha value is -0.370. The molecule has 74 valence electrons. The first kappa shape index (κ1) is 9.20. The number of rotatable bonds is 2. The Morgan fingerprint density at radius 3 is 2.38 bits per heavy atom. The van der Waals surface area contributed by atoms with Crippen molar-refractivity contribution in [3.05, 3.63) is 0 Å². The van der Waals surface area contributed by atoms with Crippen LogP contribution in [-0.4, -0.2) is 18.0 Å². The van der Waals surface area contributed by atoms with Gasteiger partial charge in [0, 0.05) is 5.92 Å². The fourth-order valence-corrected chi connectivity index (χ4v) is 2.58. The Morgan fingerprint density at radius 2 is 2.00 bits per heavy atom. The van der Waals surface area contributed by atoms with Crippen LogP contribution in [0, 0.1) is 11.8 Å². The van der Waals surface area contributed by atoms with Crippen LogP contribution >= 0.6 is 0 Å². The molecule has 0 aromatic heterocycles. The predicted octanol–water partition coefficient (Wildman–Crippen LogP) is 2.17.